The zero-order chi connectivity index (χ0) is 15.0. The van der Waals surface area contributed by atoms with E-state index in [1.165, 1.54) is 12.1 Å². The lowest BCUT2D eigenvalue weighted by molar-refractivity contribution is -0.286. The van der Waals surface area contributed by atoms with E-state index >= 15 is 0 Å². The summed E-state index contributed by atoms with van der Waals surface area (Å²) < 4.78 is 34.5. The number of hydrogen-bond donors (Lipinski definition) is 2. The van der Waals surface area contributed by atoms with Crippen molar-refractivity contribution in [2.24, 2.45) is 0 Å². The first-order valence-electron chi connectivity index (χ1n) is 6.22. The van der Waals surface area contributed by atoms with Crippen LogP contribution in [0.5, 0.6) is 17.2 Å². The molecule has 0 amide bonds. The van der Waals surface area contributed by atoms with E-state index in [9.17, 15) is 13.9 Å². The molecule has 0 fully saturated rings. The van der Waals surface area contributed by atoms with Gasteiger partial charge in [0, 0.05) is 17.4 Å². The molecule has 1 aliphatic rings. The molecule has 0 radical (unpaired) electrons. The predicted octanol–water partition coefficient (Wildman–Crippen LogP) is 3.03. The number of alkyl halides is 2. The van der Waals surface area contributed by atoms with Gasteiger partial charge in [0.1, 0.15) is 11.4 Å². The third kappa shape index (κ3) is 2.81. The molecule has 0 atom stereocenters. The predicted molar refractivity (Wildman–Crippen MR) is 70.6 cm³/mol. The molecule has 0 spiro atoms. The summed E-state index contributed by atoms with van der Waals surface area (Å²) in [7, 11) is 0. The second kappa shape index (κ2) is 4.76. The Bertz CT molecular complexity index is 692. The van der Waals surface area contributed by atoms with Gasteiger partial charge in [0.15, 0.2) is 11.5 Å². The van der Waals surface area contributed by atoms with Crippen LogP contribution in [0.15, 0.2) is 30.3 Å². The quantitative estimate of drug-likeness (QED) is 0.911. The fraction of sp³-hybridized carbons (Fsp3) is 0.214. The Kier molecular flexibility index (Phi) is 3.04. The summed E-state index contributed by atoms with van der Waals surface area (Å²) in [5.74, 6) is 0.0221. The van der Waals surface area contributed by atoms with Gasteiger partial charge >= 0.3 is 6.29 Å². The van der Waals surface area contributed by atoms with Crippen molar-refractivity contribution in [1.82, 2.24) is 4.98 Å². The Balaban J connectivity index is 1.74. The first-order chi connectivity index (χ1) is 9.93. The minimum atomic E-state index is -3.63. The fourth-order valence-electron chi connectivity index (χ4n) is 1.98. The number of fused-ring (bicyclic) bond motifs is 1. The summed E-state index contributed by atoms with van der Waals surface area (Å²) >= 11 is 0. The van der Waals surface area contributed by atoms with Gasteiger partial charge in [-0.2, -0.15) is 0 Å². The Labute approximate surface area is 119 Å². The average molecular weight is 294 g/mol. The van der Waals surface area contributed by atoms with Crippen LogP contribution in [0.3, 0.4) is 0 Å². The zero-order valence-corrected chi connectivity index (χ0v) is 11.1. The molecule has 0 saturated heterocycles. The fourth-order valence-corrected chi connectivity index (χ4v) is 1.98. The molecule has 0 saturated carbocycles. The van der Waals surface area contributed by atoms with Crippen molar-refractivity contribution in [3.05, 3.63) is 41.7 Å². The number of benzene rings is 1. The molecule has 3 rings (SSSR count). The highest BCUT2D eigenvalue weighted by Crippen LogP contribution is 2.42. The highest BCUT2D eigenvalue weighted by Gasteiger charge is 2.43. The van der Waals surface area contributed by atoms with Crippen LogP contribution < -0.4 is 14.8 Å². The molecule has 1 aromatic carbocycles. The van der Waals surface area contributed by atoms with Crippen LogP contribution in [0.1, 0.15) is 11.4 Å². The highest BCUT2D eigenvalue weighted by molar-refractivity contribution is 5.56. The number of nitrogens with zero attached hydrogens (tertiary/aromatic N) is 1. The summed E-state index contributed by atoms with van der Waals surface area (Å²) in [6, 6.07) is 7.63. The number of rotatable bonds is 3. The summed E-state index contributed by atoms with van der Waals surface area (Å²) in [4.78, 5) is 4.19. The van der Waals surface area contributed by atoms with Crippen molar-refractivity contribution >= 4 is 5.69 Å². The van der Waals surface area contributed by atoms with E-state index in [1.54, 1.807) is 18.2 Å². The van der Waals surface area contributed by atoms with E-state index in [1.807, 2.05) is 6.92 Å². The number of pyridine rings is 1. The molecular formula is C14H12F2N2O3. The number of ether oxygens (including phenoxy) is 2. The van der Waals surface area contributed by atoms with Crippen molar-refractivity contribution in [1.29, 1.82) is 0 Å². The molecule has 2 aromatic rings. The van der Waals surface area contributed by atoms with Gasteiger partial charge in [-0.05, 0) is 31.2 Å². The van der Waals surface area contributed by atoms with Gasteiger partial charge in [-0.3, -0.25) is 4.98 Å². The second-order valence-electron chi connectivity index (χ2n) is 4.60. The lowest BCUT2D eigenvalue weighted by atomic mass is 10.2. The maximum Gasteiger partial charge on any atom is 0.586 e. The Morgan fingerprint density at radius 2 is 1.95 bits per heavy atom. The van der Waals surface area contributed by atoms with Crippen molar-refractivity contribution in [2.75, 3.05) is 5.32 Å². The normalized spacial score (nSPS) is 15.0. The third-order valence-corrected chi connectivity index (χ3v) is 2.95. The largest absolute Gasteiger partial charge is 0.586 e. The van der Waals surface area contributed by atoms with Crippen molar-refractivity contribution < 1.29 is 23.4 Å². The van der Waals surface area contributed by atoms with Crippen LogP contribution >= 0.6 is 0 Å². The van der Waals surface area contributed by atoms with Crippen molar-refractivity contribution in [2.45, 2.75) is 19.8 Å². The number of halogens is 2. The van der Waals surface area contributed by atoms with Gasteiger partial charge in [0.2, 0.25) is 0 Å². The lowest BCUT2D eigenvalue weighted by Gasteiger charge is -2.08. The highest BCUT2D eigenvalue weighted by atomic mass is 19.3. The van der Waals surface area contributed by atoms with Crippen LogP contribution in [-0.4, -0.2) is 16.4 Å². The van der Waals surface area contributed by atoms with Crippen LogP contribution in [0.25, 0.3) is 0 Å². The molecule has 1 aromatic heterocycles. The molecule has 21 heavy (non-hydrogen) atoms. The first-order valence-corrected chi connectivity index (χ1v) is 6.22. The molecule has 0 bridgehead atoms. The second-order valence-corrected chi connectivity index (χ2v) is 4.60. The van der Waals surface area contributed by atoms with Gasteiger partial charge in [-0.25, -0.2) is 0 Å². The van der Waals surface area contributed by atoms with Crippen LogP contribution in [-0.2, 0) is 6.54 Å². The summed E-state index contributed by atoms with van der Waals surface area (Å²) in [5, 5.41) is 12.7. The maximum absolute atomic E-state index is 12.9. The third-order valence-electron chi connectivity index (χ3n) is 2.95. The minimum absolute atomic E-state index is 0.0120. The zero-order valence-electron chi connectivity index (χ0n) is 11.1. The lowest BCUT2D eigenvalue weighted by Crippen LogP contribution is -2.25. The molecule has 2 heterocycles. The summed E-state index contributed by atoms with van der Waals surface area (Å²) in [6.45, 7) is 2.06. The van der Waals surface area contributed by atoms with E-state index in [0.717, 1.165) is 5.69 Å². The van der Waals surface area contributed by atoms with Gasteiger partial charge in [-0.1, -0.05) is 0 Å². The smallest absolute Gasteiger partial charge is 0.506 e. The first kappa shape index (κ1) is 13.4. The molecular weight excluding hydrogens is 282 g/mol. The Hall–Kier alpha value is -2.57. The van der Waals surface area contributed by atoms with Gasteiger partial charge in [0.25, 0.3) is 0 Å². The number of nitrogens with one attached hydrogen (secondary N) is 1. The van der Waals surface area contributed by atoms with E-state index in [4.69, 9.17) is 0 Å². The SMILES string of the molecule is Cc1ccc(O)c(CNc2ccc3c(c2)OC(F)(F)O3)n1. The molecule has 110 valence electrons. The number of aromatic hydroxyl groups is 1. The van der Waals surface area contributed by atoms with E-state index < -0.39 is 6.29 Å². The molecule has 0 aliphatic carbocycles. The van der Waals surface area contributed by atoms with Crippen LogP contribution in [0.4, 0.5) is 14.5 Å². The summed E-state index contributed by atoms with van der Waals surface area (Å²) in [5.41, 5.74) is 1.80. The molecule has 2 N–H and O–H groups in total. The van der Waals surface area contributed by atoms with E-state index in [2.05, 4.69) is 19.8 Å². The van der Waals surface area contributed by atoms with E-state index in [-0.39, 0.29) is 23.8 Å². The van der Waals surface area contributed by atoms with Gasteiger partial charge in [0.05, 0.1) is 6.54 Å². The van der Waals surface area contributed by atoms with Gasteiger partial charge < -0.3 is 19.9 Å². The molecule has 1 aliphatic heterocycles. The molecule has 0 unspecified atom stereocenters. The van der Waals surface area contributed by atoms with E-state index in [0.29, 0.717) is 11.4 Å². The van der Waals surface area contributed by atoms with Crippen LogP contribution in [0, 0.1) is 6.92 Å². The number of aromatic nitrogens is 1. The maximum atomic E-state index is 12.9. The molecule has 5 nitrogen and oxygen atoms in total. The van der Waals surface area contributed by atoms with Crippen molar-refractivity contribution in [3.63, 3.8) is 0 Å². The standard InChI is InChI=1S/C14H12F2N2O3/c1-8-2-4-11(19)10(18-8)7-17-9-3-5-12-13(6-9)21-14(15,16)20-12/h2-6,17,19H,7H2,1H3. The molecule has 7 heteroatoms. The minimum Gasteiger partial charge on any atom is -0.506 e. The van der Waals surface area contributed by atoms with Crippen molar-refractivity contribution in [3.8, 4) is 17.2 Å². The Morgan fingerprint density at radius 1 is 1.19 bits per heavy atom. The number of anilines is 1. The monoisotopic (exact) mass is 294 g/mol. The van der Waals surface area contributed by atoms with Crippen LogP contribution in [0.2, 0.25) is 0 Å². The number of aryl methyl sites for hydroxylation is 1. The topological polar surface area (TPSA) is 63.6 Å². The Morgan fingerprint density at radius 3 is 2.76 bits per heavy atom. The van der Waals surface area contributed by atoms with Gasteiger partial charge in [-0.15, -0.1) is 8.78 Å². The summed E-state index contributed by atoms with van der Waals surface area (Å²) in [6.07, 6.45) is -3.63. The number of hydrogen-bond acceptors (Lipinski definition) is 5. The average Bonchev–Trinajstić information content (AvgIpc) is 2.72.